The number of benzene rings is 1. The number of rotatable bonds is 6. The fraction of sp³-hybridized carbons (Fsp3) is 0.500. The summed E-state index contributed by atoms with van der Waals surface area (Å²) in [4.78, 5) is 11.4. The van der Waals surface area contributed by atoms with Crippen LogP contribution in [0.3, 0.4) is 0 Å². The molecule has 0 bridgehead atoms. The van der Waals surface area contributed by atoms with Crippen molar-refractivity contribution in [1.29, 1.82) is 0 Å². The molecule has 1 saturated carbocycles. The van der Waals surface area contributed by atoms with Crippen molar-refractivity contribution in [2.24, 2.45) is 5.92 Å². The molecule has 0 aliphatic heterocycles. The molecule has 1 aliphatic carbocycles. The van der Waals surface area contributed by atoms with Crippen molar-refractivity contribution in [1.82, 2.24) is 4.31 Å². The van der Waals surface area contributed by atoms with Crippen molar-refractivity contribution >= 4 is 16.0 Å². The van der Waals surface area contributed by atoms with Crippen LogP contribution >= 0.6 is 0 Å². The molecule has 1 aliphatic rings. The minimum Gasteiger partial charge on any atom is -0.469 e. The number of nitrogens with zero attached hydrogens (tertiary/aromatic N) is 1. The topological polar surface area (TPSA) is 63.7 Å². The number of methoxy groups -OCH3 is 1. The summed E-state index contributed by atoms with van der Waals surface area (Å²) < 4.78 is 30.6. The lowest BCUT2D eigenvalue weighted by Crippen LogP contribution is -2.28. The Bertz CT molecular complexity index is 576. The number of ether oxygens (including phenoxy) is 1. The predicted octanol–water partition coefficient (Wildman–Crippen LogP) is 1.43. The molecule has 20 heavy (non-hydrogen) atoms. The quantitative estimate of drug-likeness (QED) is 0.745. The molecule has 0 N–H and O–H groups in total. The summed E-state index contributed by atoms with van der Waals surface area (Å²) >= 11 is 0. The van der Waals surface area contributed by atoms with E-state index < -0.39 is 10.0 Å². The zero-order valence-corrected chi connectivity index (χ0v) is 12.5. The van der Waals surface area contributed by atoms with E-state index in [1.54, 1.807) is 19.2 Å². The van der Waals surface area contributed by atoms with Crippen molar-refractivity contribution in [3.8, 4) is 0 Å². The molecule has 0 saturated heterocycles. The van der Waals surface area contributed by atoms with E-state index in [1.807, 2.05) is 0 Å². The Labute approximate surface area is 119 Å². The van der Waals surface area contributed by atoms with Gasteiger partial charge in [-0.1, -0.05) is 12.1 Å². The third kappa shape index (κ3) is 3.58. The minimum atomic E-state index is -3.43. The number of sulfonamides is 1. The lowest BCUT2D eigenvalue weighted by atomic mass is 10.2. The highest BCUT2D eigenvalue weighted by atomic mass is 32.2. The van der Waals surface area contributed by atoms with Gasteiger partial charge in [0.15, 0.2) is 0 Å². The molecule has 0 amide bonds. The first-order valence-corrected chi connectivity index (χ1v) is 7.99. The summed E-state index contributed by atoms with van der Waals surface area (Å²) in [5.41, 5.74) is 0.737. The normalized spacial score (nSPS) is 15.3. The molecule has 1 aromatic rings. The fourth-order valence-corrected chi connectivity index (χ4v) is 3.21. The maximum Gasteiger partial charge on any atom is 0.309 e. The Morgan fingerprint density at radius 3 is 2.40 bits per heavy atom. The Hall–Kier alpha value is -1.40. The summed E-state index contributed by atoms with van der Waals surface area (Å²) in [5.74, 6) is 0.167. The predicted molar refractivity (Wildman–Crippen MR) is 74.7 cm³/mol. The Morgan fingerprint density at radius 1 is 1.30 bits per heavy atom. The third-order valence-electron chi connectivity index (χ3n) is 3.42. The zero-order valence-electron chi connectivity index (χ0n) is 11.7. The number of hydrogen-bond donors (Lipinski definition) is 0. The molecule has 0 atom stereocenters. The molecule has 2 rings (SSSR count). The second-order valence-electron chi connectivity index (χ2n) is 5.13. The van der Waals surface area contributed by atoms with Crippen LogP contribution < -0.4 is 0 Å². The van der Waals surface area contributed by atoms with E-state index >= 15 is 0 Å². The first-order valence-electron chi connectivity index (χ1n) is 6.55. The smallest absolute Gasteiger partial charge is 0.309 e. The van der Waals surface area contributed by atoms with Gasteiger partial charge < -0.3 is 4.74 Å². The standard InChI is InChI=1S/C14H19NO4S/c1-15(10-12-3-4-12)20(17,18)13-7-5-11(6-8-13)9-14(16)19-2/h5-8,12H,3-4,9-10H2,1-2H3. The molecule has 0 radical (unpaired) electrons. The van der Waals surface area contributed by atoms with Crippen LogP contribution in [-0.4, -0.2) is 39.4 Å². The van der Waals surface area contributed by atoms with Crippen molar-refractivity contribution in [3.05, 3.63) is 29.8 Å². The lowest BCUT2D eigenvalue weighted by molar-refractivity contribution is -0.139. The van der Waals surface area contributed by atoms with Gasteiger partial charge in [0.05, 0.1) is 18.4 Å². The average Bonchev–Trinajstić information content (AvgIpc) is 3.23. The van der Waals surface area contributed by atoms with Crippen LogP contribution in [0.5, 0.6) is 0 Å². The number of carbonyl (C=O) groups excluding carboxylic acids is 1. The highest BCUT2D eigenvalue weighted by Gasteiger charge is 2.29. The lowest BCUT2D eigenvalue weighted by Gasteiger charge is -2.17. The zero-order chi connectivity index (χ0) is 14.8. The van der Waals surface area contributed by atoms with Crippen LogP contribution in [0.2, 0.25) is 0 Å². The Morgan fingerprint density at radius 2 is 1.90 bits per heavy atom. The van der Waals surface area contributed by atoms with Gasteiger partial charge in [-0.15, -0.1) is 0 Å². The van der Waals surface area contributed by atoms with Gasteiger partial charge in [-0.3, -0.25) is 4.79 Å². The van der Waals surface area contributed by atoms with Crippen molar-refractivity contribution in [2.45, 2.75) is 24.2 Å². The SMILES string of the molecule is COC(=O)Cc1ccc(S(=O)(=O)N(C)CC2CC2)cc1. The minimum absolute atomic E-state index is 0.148. The number of carbonyl (C=O) groups is 1. The van der Waals surface area contributed by atoms with Gasteiger partial charge >= 0.3 is 5.97 Å². The first kappa shape index (κ1) is 15.0. The van der Waals surface area contributed by atoms with E-state index in [4.69, 9.17) is 0 Å². The van der Waals surface area contributed by atoms with Crippen molar-refractivity contribution in [2.75, 3.05) is 20.7 Å². The fourth-order valence-electron chi connectivity index (χ4n) is 1.96. The number of esters is 1. The van der Waals surface area contributed by atoms with Gasteiger partial charge in [-0.2, -0.15) is 0 Å². The number of hydrogen-bond acceptors (Lipinski definition) is 4. The van der Waals surface area contributed by atoms with Gasteiger partial charge in [0, 0.05) is 13.6 Å². The highest BCUT2D eigenvalue weighted by molar-refractivity contribution is 7.89. The summed E-state index contributed by atoms with van der Waals surface area (Å²) in [6, 6.07) is 6.37. The van der Waals surface area contributed by atoms with Crippen molar-refractivity contribution < 1.29 is 17.9 Å². The van der Waals surface area contributed by atoms with Crippen LogP contribution in [0.1, 0.15) is 18.4 Å². The molecule has 1 aromatic carbocycles. The largest absolute Gasteiger partial charge is 0.469 e. The van der Waals surface area contributed by atoms with Crippen LogP contribution in [0.4, 0.5) is 0 Å². The van der Waals surface area contributed by atoms with Crippen LogP contribution in [0.25, 0.3) is 0 Å². The van der Waals surface area contributed by atoms with Gasteiger partial charge in [-0.25, -0.2) is 12.7 Å². The van der Waals surface area contributed by atoms with E-state index in [1.165, 1.54) is 23.5 Å². The molecular formula is C14H19NO4S. The molecule has 6 heteroatoms. The Balaban J connectivity index is 2.09. The van der Waals surface area contributed by atoms with Gasteiger partial charge in [0.1, 0.15) is 0 Å². The summed E-state index contributed by atoms with van der Waals surface area (Å²) in [5, 5.41) is 0. The van der Waals surface area contributed by atoms with Crippen LogP contribution in [0, 0.1) is 5.92 Å². The molecule has 1 fully saturated rings. The van der Waals surface area contributed by atoms with Gasteiger partial charge in [-0.05, 0) is 36.5 Å². The van der Waals surface area contributed by atoms with Gasteiger partial charge in [0.2, 0.25) is 10.0 Å². The van der Waals surface area contributed by atoms with E-state index in [9.17, 15) is 13.2 Å². The molecule has 5 nitrogen and oxygen atoms in total. The first-order chi connectivity index (χ1) is 9.43. The maximum absolute atomic E-state index is 12.3. The summed E-state index contributed by atoms with van der Waals surface area (Å²) in [6.07, 6.45) is 2.37. The second-order valence-corrected chi connectivity index (χ2v) is 7.17. The summed E-state index contributed by atoms with van der Waals surface area (Å²) in [6.45, 7) is 0.576. The summed E-state index contributed by atoms with van der Waals surface area (Å²) in [7, 11) is -0.493. The Kier molecular flexibility index (Phi) is 4.45. The average molecular weight is 297 g/mol. The molecule has 0 heterocycles. The van der Waals surface area contributed by atoms with Crippen molar-refractivity contribution in [3.63, 3.8) is 0 Å². The molecule has 0 spiro atoms. The van der Waals surface area contributed by atoms with E-state index in [0.717, 1.165) is 18.4 Å². The van der Waals surface area contributed by atoms with E-state index in [-0.39, 0.29) is 17.3 Å². The van der Waals surface area contributed by atoms with E-state index in [2.05, 4.69) is 4.74 Å². The molecule has 0 aromatic heterocycles. The van der Waals surface area contributed by atoms with Crippen LogP contribution in [-0.2, 0) is 26.0 Å². The van der Waals surface area contributed by atoms with E-state index in [0.29, 0.717) is 12.5 Å². The van der Waals surface area contributed by atoms with Crippen LogP contribution in [0.15, 0.2) is 29.2 Å². The second kappa shape index (κ2) is 5.93. The molecule has 0 unspecified atom stereocenters. The highest BCUT2D eigenvalue weighted by Crippen LogP contribution is 2.31. The molecule has 110 valence electrons. The maximum atomic E-state index is 12.3. The molecular weight excluding hydrogens is 278 g/mol. The van der Waals surface area contributed by atoms with Gasteiger partial charge in [0.25, 0.3) is 0 Å². The monoisotopic (exact) mass is 297 g/mol. The third-order valence-corrected chi connectivity index (χ3v) is 5.26.